The fraction of sp³-hybridized carbons (Fsp3) is 0.533. The van der Waals surface area contributed by atoms with Gasteiger partial charge in [-0.15, -0.1) is 0 Å². The van der Waals surface area contributed by atoms with Gasteiger partial charge in [-0.1, -0.05) is 12.1 Å². The molecule has 0 spiro atoms. The number of carbonyl (C=O) groups is 1. The van der Waals surface area contributed by atoms with E-state index in [0.717, 1.165) is 30.9 Å². The lowest BCUT2D eigenvalue weighted by Gasteiger charge is -2.26. The highest BCUT2D eigenvalue weighted by atomic mass is 32.2. The molecule has 1 fully saturated rings. The quantitative estimate of drug-likeness (QED) is 0.890. The number of nitrogens with one attached hydrogen (secondary N) is 1. The standard InChI is InChI=1S/C15H22N2O2S/c1-11-9-13(10-17-5-7-20-8-6-17)3-4-14(11)16-15(19)12(2)18/h3-4,9,12,18H,5-8,10H2,1-2H3,(H,16,19). The lowest BCUT2D eigenvalue weighted by atomic mass is 10.1. The van der Waals surface area contributed by atoms with Crippen molar-refractivity contribution in [1.82, 2.24) is 4.90 Å². The molecular weight excluding hydrogens is 272 g/mol. The van der Waals surface area contributed by atoms with Gasteiger partial charge in [-0.25, -0.2) is 0 Å². The molecule has 1 heterocycles. The first kappa shape index (κ1) is 15.4. The van der Waals surface area contributed by atoms with E-state index >= 15 is 0 Å². The lowest BCUT2D eigenvalue weighted by Crippen LogP contribution is -2.32. The van der Waals surface area contributed by atoms with Gasteiger partial charge in [0, 0.05) is 36.8 Å². The minimum Gasteiger partial charge on any atom is -0.384 e. The van der Waals surface area contributed by atoms with E-state index in [9.17, 15) is 9.90 Å². The van der Waals surface area contributed by atoms with Crippen LogP contribution in [-0.2, 0) is 11.3 Å². The molecule has 0 aromatic heterocycles. The summed E-state index contributed by atoms with van der Waals surface area (Å²) in [5, 5.41) is 12.0. The van der Waals surface area contributed by atoms with Crippen LogP contribution < -0.4 is 5.32 Å². The van der Waals surface area contributed by atoms with Crippen molar-refractivity contribution < 1.29 is 9.90 Å². The molecule has 0 saturated carbocycles. The average Bonchev–Trinajstić information content (AvgIpc) is 2.42. The molecule has 1 unspecified atom stereocenters. The van der Waals surface area contributed by atoms with Crippen LogP contribution in [0.2, 0.25) is 0 Å². The smallest absolute Gasteiger partial charge is 0.252 e. The van der Waals surface area contributed by atoms with Crippen LogP contribution in [0.4, 0.5) is 5.69 Å². The second-order valence-electron chi connectivity index (χ2n) is 5.20. The first-order chi connectivity index (χ1) is 9.56. The highest BCUT2D eigenvalue weighted by Crippen LogP contribution is 2.19. The number of nitrogens with zero attached hydrogens (tertiary/aromatic N) is 1. The van der Waals surface area contributed by atoms with Crippen LogP contribution in [0.1, 0.15) is 18.1 Å². The molecule has 1 saturated heterocycles. The number of benzene rings is 1. The highest BCUT2D eigenvalue weighted by molar-refractivity contribution is 7.99. The van der Waals surface area contributed by atoms with Gasteiger partial charge in [-0.2, -0.15) is 11.8 Å². The summed E-state index contributed by atoms with van der Waals surface area (Å²) < 4.78 is 0. The first-order valence-corrected chi connectivity index (χ1v) is 8.10. The third-order valence-corrected chi connectivity index (χ3v) is 4.38. The molecule has 0 bridgehead atoms. The summed E-state index contributed by atoms with van der Waals surface area (Å²) in [4.78, 5) is 14.0. The maximum Gasteiger partial charge on any atom is 0.252 e. The highest BCUT2D eigenvalue weighted by Gasteiger charge is 2.13. The number of thioether (sulfide) groups is 1. The third kappa shape index (κ3) is 4.23. The van der Waals surface area contributed by atoms with Crippen LogP contribution >= 0.6 is 11.8 Å². The maximum atomic E-state index is 11.5. The number of aryl methyl sites for hydroxylation is 1. The van der Waals surface area contributed by atoms with Crippen LogP contribution in [0.5, 0.6) is 0 Å². The number of anilines is 1. The number of rotatable bonds is 4. The fourth-order valence-electron chi connectivity index (χ4n) is 2.22. The van der Waals surface area contributed by atoms with Crippen molar-refractivity contribution >= 4 is 23.4 Å². The van der Waals surface area contributed by atoms with Gasteiger partial charge in [0.2, 0.25) is 0 Å². The number of hydrogen-bond acceptors (Lipinski definition) is 4. The molecule has 2 rings (SSSR count). The van der Waals surface area contributed by atoms with Crippen LogP contribution in [0.3, 0.4) is 0 Å². The van der Waals surface area contributed by atoms with Crippen molar-refractivity contribution in [1.29, 1.82) is 0 Å². The number of amides is 1. The van der Waals surface area contributed by atoms with Gasteiger partial charge in [0.1, 0.15) is 6.10 Å². The third-order valence-electron chi connectivity index (χ3n) is 3.44. The molecule has 0 radical (unpaired) electrons. The molecule has 1 aromatic rings. The summed E-state index contributed by atoms with van der Waals surface area (Å²) in [6.45, 7) is 6.70. The Labute approximate surface area is 124 Å². The zero-order valence-electron chi connectivity index (χ0n) is 12.1. The van der Waals surface area contributed by atoms with E-state index in [1.165, 1.54) is 24.0 Å². The molecule has 5 heteroatoms. The minimum absolute atomic E-state index is 0.367. The zero-order valence-corrected chi connectivity index (χ0v) is 12.9. The summed E-state index contributed by atoms with van der Waals surface area (Å²) in [6.07, 6.45) is -0.986. The Balaban J connectivity index is 1.99. The molecule has 2 N–H and O–H groups in total. The van der Waals surface area contributed by atoms with Crippen LogP contribution in [0.25, 0.3) is 0 Å². The molecular formula is C15H22N2O2S. The molecule has 4 nitrogen and oxygen atoms in total. The molecule has 1 amide bonds. The summed E-state index contributed by atoms with van der Waals surface area (Å²) in [6, 6.07) is 6.08. The number of aliphatic hydroxyl groups excluding tert-OH is 1. The van der Waals surface area contributed by atoms with Crippen molar-refractivity contribution in [3.8, 4) is 0 Å². The van der Waals surface area contributed by atoms with E-state index in [-0.39, 0.29) is 5.91 Å². The Morgan fingerprint density at radius 1 is 1.45 bits per heavy atom. The predicted octanol–water partition coefficient (Wildman–Crippen LogP) is 1.86. The normalized spacial score (nSPS) is 17.8. The maximum absolute atomic E-state index is 11.5. The SMILES string of the molecule is Cc1cc(CN2CCSCC2)ccc1NC(=O)C(C)O. The molecule has 1 aliphatic rings. The van der Waals surface area contributed by atoms with Crippen molar-refractivity contribution in [2.45, 2.75) is 26.5 Å². The van der Waals surface area contributed by atoms with E-state index in [4.69, 9.17) is 0 Å². The number of hydrogen-bond donors (Lipinski definition) is 2. The van der Waals surface area contributed by atoms with Gasteiger partial charge < -0.3 is 10.4 Å². The molecule has 20 heavy (non-hydrogen) atoms. The molecule has 0 aliphatic carbocycles. The Hall–Kier alpha value is -1.04. The molecule has 1 aliphatic heterocycles. The summed E-state index contributed by atoms with van der Waals surface area (Å²) >= 11 is 2.01. The van der Waals surface area contributed by atoms with Gasteiger partial charge in [0.15, 0.2) is 0 Å². The van der Waals surface area contributed by atoms with Gasteiger partial charge in [-0.3, -0.25) is 9.69 Å². The second-order valence-corrected chi connectivity index (χ2v) is 6.43. The van der Waals surface area contributed by atoms with Crippen molar-refractivity contribution in [3.63, 3.8) is 0 Å². The first-order valence-electron chi connectivity index (χ1n) is 6.95. The van der Waals surface area contributed by atoms with Gasteiger partial charge in [0.05, 0.1) is 0 Å². The van der Waals surface area contributed by atoms with Crippen LogP contribution in [-0.4, -0.2) is 46.6 Å². The van der Waals surface area contributed by atoms with Crippen molar-refractivity contribution in [2.75, 3.05) is 29.9 Å². The summed E-state index contributed by atoms with van der Waals surface area (Å²) in [5.74, 6) is 2.05. The van der Waals surface area contributed by atoms with Crippen LogP contribution in [0.15, 0.2) is 18.2 Å². The van der Waals surface area contributed by atoms with E-state index in [1.807, 2.05) is 30.8 Å². The van der Waals surface area contributed by atoms with Crippen molar-refractivity contribution in [2.24, 2.45) is 0 Å². The molecule has 1 atom stereocenters. The molecule has 110 valence electrons. The van der Waals surface area contributed by atoms with E-state index in [2.05, 4.69) is 16.3 Å². The monoisotopic (exact) mass is 294 g/mol. The fourth-order valence-corrected chi connectivity index (χ4v) is 3.20. The lowest BCUT2D eigenvalue weighted by molar-refractivity contribution is -0.123. The predicted molar refractivity (Wildman–Crippen MR) is 84.1 cm³/mol. The Morgan fingerprint density at radius 2 is 2.15 bits per heavy atom. The zero-order chi connectivity index (χ0) is 14.5. The summed E-state index contributed by atoms with van der Waals surface area (Å²) in [7, 11) is 0. The number of carbonyl (C=O) groups excluding carboxylic acids is 1. The largest absolute Gasteiger partial charge is 0.384 e. The molecule has 1 aromatic carbocycles. The van der Waals surface area contributed by atoms with Crippen LogP contribution in [0, 0.1) is 6.92 Å². The van der Waals surface area contributed by atoms with Gasteiger partial charge >= 0.3 is 0 Å². The Morgan fingerprint density at radius 3 is 2.75 bits per heavy atom. The summed E-state index contributed by atoms with van der Waals surface area (Å²) in [5.41, 5.74) is 3.07. The van der Waals surface area contributed by atoms with E-state index in [0.29, 0.717) is 0 Å². The Kier molecular flexibility index (Phi) is 5.46. The van der Waals surface area contributed by atoms with E-state index in [1.54, 1.807) is 0 Å². The van der Waals surface area contributed by atoms with Crippen molar-refractivity contribution in [3.05, 3.63) is 29.3 Å². The Bertz CT molecular complexity index is 471. The topological polar surface area (TPSA) is 52.6 Å². The van der Waals surface area contributed by atoms with Gasteiger partial charge in [-0.05, 0) is 31.0 Å². The van der Waals surface area contributed by atoms with Gasteiger partial charge in [0.25, 0.3) is 5.91 Å². The number of aliphatic hydroxyl groups is 1. The average molecular weight is 294 g/mol. The second kappa shape index (κ2) is 7.11. The van der Waals surface area contributed by atoms with E-state index < -0.39 is 6.10 Å². The minimum atomic E-state index is -0.986.